The van der Waals surface area contributed by atoms with Crippen LogP contribution in [0.15, 0.2) is 116 Å². The lowest BCUT2D eigenvalue weighted by Gasteiger charge is -2.28. The van der Waals surface area contributed by atoms with Crippen LogP contribution in [0, 0.1) is 5.92 Å². The largest absolute Gasteiger partial charge is 0.453 e. The Kier molecular flexibility index (Phi) is 12.2. The predicted octanol–water partition coefficient (Wildman–Crippen LogP) is 6.81. The van der Waals surface area contributed by atoms with Crippen molar-refractivity contribution in [3.8, 4) is 22.4 Å². The zero-order valence-corrected chi connectivity index (χ0v) is 33.9. The van der Waals surface area contributed by atoms with Crippen LogP contribution in [0.5, 0.6) is 0 Å². The summed E-state index contributed by atoms with van der Waals surface area (Å²) in [4.78, 5) is 72.6. The zero-order chi connectivity index (χ0) is 42.3. The normalized spacial score (nSPS) is 17.1. The highest BCUT2D eigenvalue weighted by Gasteiger charge is 2.37. The molecule has 2 aliphatic heterocycles. The lowest BCUT2D eigenvalue weighted by molar-refractivity contribution is -0.134. The lowest BCUT2D eigenvalue weighted by atomic mass is 10.0. The molecule has 15 nitrogen and oxygen atoms in total. The molecule has 4 N–H and O–H groups in total. The molecule has 0 spiro atoms. The van der Waals surface area contributed by atoms with Gasteiger partial charge in [-0.3, -0.25) is 9.59 Å². The molecular formula is C46H47N9O6. The maximum absolute atomic E-state index is 13.9. The average Bonchev–Trinajstić information content (AvgIpc) is 4.11. The number of rotatable bonds is 12. The van der Waals surface area contributed by atoms with Crippen LogP contribution in [0.25, 0.3) is 33.2 Å². The summed E-state index contributed by atoms with van der Waals surface area (Å²) in [5.41, 5.74) is 5.04. The first-order chi connectivity index (χ1) is 29.8. The Labute approximate surface area is 352 Å². The Hall–Kier alpha value is -7.29. The van der Waals surface area contributed by atoms with Crippen molar-refractivity contribution in [2.24, 2.45) is 5.92 Å². The van der Waals surface area contributed by atoms with Crippen molar-refractivity contribution in [1.82, 2.24) is 40.4 Å². The fourth-order valence-corrected chi connectivity index (χ4v) is 8.13. The van der Waals surface area contributed by atoms with Gasteiger partial charge in [0.2, 0.25) is 11.9 Å². The van der Waals surface area contributed by atoms with Gasteiger partial charge in [0.25, 0.3) is 5.91 Å². The zero-order valence-electron chi connectivity index (χ0n) is 33.9. The molecule has 4 atom stereocenters. The number of carbonyl (C=O) groups excluding carboxylic acids is 4. The molecule has 4 heterocycles. The maximum Gasteiger partial charge on any atom is 0.407 e. The predicted molar refractivity (Wildman–Crippen MR) is 229 cm³/mol. The number of amides is 4. The Balaban J connectivity index is 0.883. The number of hydrogen-bond donors (Lipinski definition) is 4. The monoisotopic (exact) mass is 821 g/mol. The Morgan fingerprint density at radius 1 is 0.705 bits per heavy atom. The van der Waals surface area contributed by atoms with Crippen LogP contribution in [-0.4, -0.2) is 94.1 Å². The van der Waals surface area contributed by atoms with E-state index in [4.69, 9.17) is 14.5 Å². The van der Waals surface area contributed by atoms with Crippen LogP contribution < -0.4 is 16.0 Å². The number of hydrogen-bond acceptors (Lipinski definition) is 10. The first-order valence-electron chi connectivity index (χ1n) is 20.3. The van der Waals surface area contributed by atoms with E-state index in [0.29, 0.717) is 49.1 Å². The fourth-order valence-electron chi connectivity index (χ4n) is 8.13. The topological polar surface area (TPSA) is 184 Å². The highest BCUT2D eigenvalue weighted by molar-refractivity contribution is 5.91. The van der Waals surface area contributed by atoms with Crippen LogP contribution >= 0.6 is 0 Å². The van der Waals surface area contributed by atoms with Crippen LogP contribution in [-0.2, 0) is 19.1 Å². The SMILES string of the molecule is COC(=O)N[C@H](C(=O)N1CC[C@H](CNc2ncc(-c3ccc4cc(-c5cnc([C@@H]6CCCN6C(=O)[C@H](NC(=O)OC)c6ccccc6)[nH]5)ccc4c3)cn2)C1)c1ccccc1. The van der Waals surface area contributed by atoms with Gasteiger partial charge in [-0.2, -0.15) is 0 Å². The van der Waals surface area contributed by atoms with Gasteiger partial charge in [-0.1, -0.05) is 84.9 Å². The molecule has 6 aromatic rings. The number of carbonyl (C=O) groups is 4. The minimum Gasteiger partial charge on any atom is -0.453 e. The molecule has 61 heavy (non-hydrogen) atoms. The summed E-state index contributed by atoms with van der Waals surface area (Å²) in [5.74, 6) is 1.00. The number of fused-ring (bicyclic) bond motifs is 1. The number of H-pyrrole nitrogens is 1. The fraction of sp³-hybridized carbons (Fsp3) is 0.283. The molecule has 0 saturated carbocycles. The molecule has 0 unspecified atom stereocenters. The lowest BCUT2D eigenvalue weighted by Crippen LogP contribution is -2.42. The van der Waals surface area contributed by atoms with Crippen molar-refractivity contribution in [2.45, 2.75) is 37.4 Å². The van der Waals surface area contributed by atoms with Crippen molar-refractivity contribution in [2.75, 3.05) is 45.7 Å². The van der Waals surface area contributed by atoms with Crippen LogP contribution in [0.2, 0.25) is 0 Å². The summed E-state index contributed by atoms with van der Waals surface area (Å²) in [5, 5.41) is 10.8. The quantitative estimate of drug-likeness (QED) is 0.102. The van der Waals surface area contributed by atoms with Crippen LogP contribution in [0.1, 0.15) is 54.3 Å². The standard InChI is InChI=1S/C46H47N9O6/c1-60-45(58)52-39(30-10-5-3-6-11-30)42(56)54-21-19-29(28-54)24-48-44-49-25-36(26-50-44)34-16-15-33-23-35(18-17-32(33)22-34)37-27-47-41(51-37)38-14-9-20-55(38)43(57)40(53-46(59)61-2)31-12-7-4-8-13-31/h3-8,10-13,15-18,22-23,25-27,29,38-40H,9,14,19-21,24,28H2,1-2H3,(H,47,51)(H,52,58)(H,53,59)(H,48,49,50)/t29-,38+,39+,40-/m1/s1. The van der Waals surface area contributed by atoms with Gasteiger partial charge in [0.15, 0.2) is 0 Å². The molecule has 0 bridgehead atoms. The smallest absolute Gasteiger partial charge is 0.407 e. The Morgan fingerprint density at radius 3 is 1.95 bits per heavy atom. The molecule has 2 fully saturated rings. The summed E-state index contributed by atoms with van der Waals surface area (Å²) in [6, 6.07) is 28.8. The number of benzene rings is 4. The summed E-state index contributed by atoms with van der Waals surface area (Å²) in [6.45, 7) is 2.27. The van der Waals surface area contributed by atoms with Gasteiger partial charge in [0.05, 0.1) is 32.2 Å². The number of likely N-dealkylation sites (tertiary alicyclic amines) is 2. The second kappa shape index (κ2) is 18.3. The Morgan fingerprint density at radius 2 is 1.31 bits per heavy atom. The molecule has 8 rings (SSSR count). The summed E-state index contributed by atoms with van der Waals surface area (Å²) >= 11 is 0. The van der Waals surface area contributed by atoms with E-state index in [1.807, 2.05) is 72.8 Å². The minimum atomic E-state index is -0.885. The van der Waals surface area contributed by atoms with E-state index in [0.717, 1.165) is 52.4 Å². The third-order valence-corrected chi connectivity index (χ3v) is 11.4. The van der Waals surface area contributed by atoms with E-state index >= 15 is 0 Å². The maximum atomic E-state index is 13.9. The van der Waals surface area contributed by atoms with Gasteiger partial charge in [0.1, 0.15) is 17.9 Å². The molecule has 0 aliphatic carbocycles. The number of nitrogens with one attached hydrogen (secondary N) is 4. The second-order valence-corrected chi connectivity index (χ2v) is 15.2. The average molecular weight is 822 g/mol. The van der Waals surface area contributed by atoms with Crippen molar-refractivity contribution >= 4 is 40.7 Å². The molecule has 2 aromatic heterocycles. The number of anilines is 1. The molecule has 312 valence electrons. The number of imidazole rings is 1. The molecule has 4 amide bonds. The van der Waals surface area contributed by atoms with Crippen molar-refractivity contribution < 1.29 is 28.7 Å². The second-order valence-electron chi connectivity index (χ2n) is 15.2. The van der Waals surface area contributed by atoms with Gasteiger partial charge >= 0.3 is 12.2 Å². The molecule has 0 radical (unpaired) electrons. The third kappa shape index (κ3) is 9.15. The van der Waals surface area contributed by atoms with Gasteiger partial charge < -0.3 is 40.2 Å². The molecule has 15 heteroatoms. The Bertz CT molecular complexity index is 2500. The summed E-state index contributed by atoms with van der Waals surface area (Å²) < 4.78 is 9.61. The summed E-state index contributed by atoms with van der Waals surface area (Å²) in [7, 11) is 2.56. The minimum absolute atomic E-state index is 0.173. The number of methoxy groups -OCH3 is 2. The first-order valence-corrected chi connectivity index (χ1v) is 20.3. The van der Waals surface area contributed by atoms with Gasteiger partial charge in [-0.25, -0.2) is 24.5 Å². The van der Waals surface area contributed by atoms with Crippen molar-refractivity contribution in [3.63, 3.8) is 0 Å². The first kappa shape index (κ1) is 40.5. The highest BCUT2D eigenvalue weighted by atomic mass is 16.5. The van der Waals surface area contributed by atoms with E-state index in [1.165, 1.54) is 14.2 Å². The third-order valence-electron chi connectivity index (χ3n) is 11.4. The van der Waals surface area contributed by atoms with Gasteiger partial charge in [-0.05, 0) is 64.8 Å². The summed E-state index contributed by atoms with van der Waals surface area (Å²) in [6.07, 6.45) is 6.44. The van der Waals surface area contributed by atoms with E-state index in [9.17, 15) is 19.2 Å². The van der Waals surface area contributed by atoms with E-state index in [2.05, 4.69) is 55.2 Å². The van der Waals surface area contributed by atoms with E-state index in [-0.39, 0.29) is 23.8 Å². The molecule has 2 saturated heterocycles. The highest BCUT2D eigenvalue weighted by Crippen LogP contribution is 2.35. The van der Waals surface area contributed by atoms with E-state index in [1.54, 1.807) is 28.4 Å². The van der Waals surface area contributed by atoms with E-state index < -0.39 is 24.3 Å². The van der Waals surface area contributed by atoms with Crippen LogP contribution in [0.4, 0.5) is 15.5 Å². The number of ether oxygens (including phenoxy) is 2. The molecule has 4 aromatic carbocycles. The van der Waals surface area contributed by atoms with Crippen molar-refractivity contribution in [3.05, 3.63) is 133 Å². The number of alkyl carbamates (subject to hydrolysis) is 2. The number of aromatic nitrogens is 4. The van der Waals surface area contributed by atoms with Gasteiger partial charge in [-0.15, -0.1) is 0 Å². The number of aromatic amines is 1. The van der Waals surface area contributed by atoms with Crippen molar-refractivity contribution in [1.29, 1.82) is 0 Å². The number of nitrogens with zero attached hydrogens (tertiary/aromatic N) is 5. The van der Waals surface area contributed by atoms with Crippen LogP contribution in [0.3, 0.4) is 0 Å². The molecule has 2 aliphatic rings. The molecular weight excluding hydrogens is 775 g/mol. The van der Waals surface area contributed by atoms with Gasteiger partial charge in [0, 0.05) is 49.7 Å².